The van der Waals surface area contributed by atoms with Crippen molar-refractivity contribution in [3.8, 4) is 0 Å². The van der Waals surface area contributed by atoms with Gasteiger partial charge < -0.3 is 10.2 Å². The van der Waals surface area contributed by atoms with Gasteiger partial charge in [-0.3, -0.25) is 9.59 Å². The Labute approximate surface area is 146 Å². The molecule has 4 nitrogen and oxygen atoms in total. The molecule has 2 amide bonds. The van der Waals surface area contributed by atoms with Gasteiger partial charge in [0.25, 0.3) is 0 Å². The van der Waals surface area contributed by atoms with Gasteiger partial charge in [-0.25, -0.2) is 0 Å². The fraction of sp³-hybridized carbons (Fsp3) is 0.263. The van der Waals surface area contributed by atoms with E-state index < -0.39 is 5.41 Å². The molecular weight excluding hydrogens is 324 g/mol. The second-order valence-corrected chi connectivity index (χ2v) is 6.54. The van der Waals surface area contributed by atoms with Gasteiger partial charge in [0.05, 0.1) is 22.7 Å². The number of nitrogens with one attached hydrogen (secondary N) is 1. The summed E-state index contributed by atoms with van der Waals surface area (Å²) >= 11 is 6.03. The number of para-hydroxylation sites is 1. The summed E-state index contributed by atoms with van der Waals surface area (Å²) < 4.78 is 0. The minimum absolute atomic E-state index is 0.00135. The predicted octanol–water partition coefficient (Wildman–Crippen LogP) is 3.47. The first-order valence-electron chi connectivity index (χ1n) is 7.88. The molecule has 1 fully saturated rings. The van der Waals surface area contributed by atoms with Crippen LogP contribution in [0.25, 0.3) is 0 Å². The van der Waals surface area contributed by atoms with Crippen LogP contribution < -0.4 is 5.32 Å². The SMILES string of the molecule is CN(CC(=O)Nc1ccccc1Cl)C(=O)C1(c2ccccc2)CC1. The van der Waals surface area contributed by atoms with Gasteiger partial charge in [-0.05, 0) is 30.5 Å². The molecule has 2 aromatic carbocycles. The molecule has 0 heterocycles. The van der Waals surface area contributed by atoms with Crippen molar-refractivity contribution >= 4 is 29.1 Å². The van der Waals surface area contributed by atoms with Crippen LogP contribution in [0.15, 0.2) is 54.6 Å². The van der Waals surface area contributed by atoms with Gasteiger partial charge in [0.1, 0.15) is 0 Å². The van der Waals surface area contributed by atoms with Crippen molar-refractivity contribution in [2.24, 2.45) is 0 Å². The quantitative estimate of drug-likeness (QED) is 0.904. The van der Waals surface area contributed by atoms with Crippen LogP contribution >= 0.6 is 11.6 Å². The number of nitrogens with zero attached hydrogens (tertiary/aromatic N) is 1. The van der Waals surface area contributed by atoms with Crippen LogP contribution in [0, 0.1) is 0 Å². The molecule has 5 heteroatoms. The van der Waals surface area contributed by atoms with Crippen molar-refractivity contribution < 1.29 is 9.59 Å². The molecule has 3 rings (SSSR count). The fourth-order valence-electron chi connectivity index (χ4n) is 2.91. The number of amides is 2. The lowest BCUT2D eigenvalue weighted by Gasteiger charge is -2.23. The number of hydrogen-bond acceptors (Lipinski definition) is 2. The highest BCUT2D eigenvalue weighted by atomic mass is 35.5. The van der Waals surface area contributed by atoms with Crippen LogP contribution in [0.3, 0.4) is 0 Å². The predicted molar refractivity (Wildman–Crippen MR) is 95.1 cm³/mol. The molecular formula is C19H19ClN2O2. The standard InChI is InChI=1S/C19H19ClN2O2/c1-22(13-17(23)21-16-10-6-5-9-15(16)20)18(24)19(11-12-19)14-7-3-2-4-8-14/h2-10H,11-13H2,1H3,(H,21,23). The number of carbonyl (C=O) groups is 2. The van der Waals surface area contributed by atoms with Gasteiger partial charge in [-0.2, -0.15) is 0 Å². The van der Waals surface area contributed by atoms with Gasteiger partial charge in [0, 0.05) is 7.05 Å². The highest BCUT2D eigenvalue weighted by Crippen LogP contribution is 2.49. The molecule has 1 saturated carbocycles. The van der Waals surface area contributed by atoms with E-state index in [9.17, 15) is 9.59 Å². The van der Waals surface area contributed by atoms with E-state index >= 15 is 0 Å². The number of likely N-dealkylation sites (N-methyl/N-ethyl adjacent to an activating group) is 1. The van der Waals surface area contributed by atoms with Crippen molar-refractivity contribution in [1.29, 1.82) is 0 Å². The first kappa shape index (κ1) is 16.5. The largest absolute Gasteiger partial charge is 0.336 e. The molecule has 0 bridgehead atoms. The summed E-state index contributed by atoms with van der Waals surface area (Å²) in [7, 11) is 1.66. The smallest absolute Gasteiger partial charge is 0.244 e. The monoisotopic (exact) mass is 342 g/mol. The summed E-state index contributed by atoms with van der Waals surface area (Å²) in [6, 6.07) is 16.8. The van der Waals surface area contributed by atoms with Crippen molar-refractivity contribution in [2.45, 2.75) is 18.3 Å². The summed E-state index contributed by atoms with van der Waals surface area (Å²) in [6.07, 6.45) is 1.65. The first-order valence-corrected chi connectivity index (χ1v) is 8.26. The maximum Gasteiger partial charge on any atom is 0.244 e. The van der Waals surface area contributed by atoms with E-state index in [1.54, 1.807) is 31.3 Å². The van der Waals surface area contributed by atoms with Gasteiger partial charge in [-0.15, -0.1) is 0 Å². The van der Waals surface area contributed by atoms with E-state index in [1.165, 1.54) is 4.90 Å². The van der Waals surface area contributed by atoms with Crippen LogP contribution in [0.1, 0.15) is 18.4 Å². The minimum atomic E-state index is -0.458. The lowest BCUT2D eigenvalue weighted by Crippen LogP contribution is -2.41. The van der Waals surface area contributed by atoms with Crippen molar-refractivity contribution in [3.63, 3.8) is 0 Å². The Bertz CT molecular complexity index is 757. The summed E-state index contributed by atoms with van der Waals surface area (Å²) in [5, 5.41) is 3.22. The fourth-order valence-corrected chi connectivity index (χ4v) is 3.10. The zero-order chi connectivity index (χ0) is 17.2. The number of hydrogen-bond donors (Lipinski definition) is 1. The van der Waals surface area contributed by atoms with Crippen LogP contribution in [-0.2, 0) is 15.0 Å². The Morgan fingerprint density at radius 2 is 1.71 bits per heavy atom. The summed E-state index contributed by atoms with van der Waals surface area (Å²) in [5.41, 5.74) is 1.11. The van der Waals surface area contributed by atoms with E-state index in [2.05, 4.69) is 5.32 Å². The molecule has 1 N–H and O–H groups in total. The van der Waals surface area contributed by atoms with Crippen molar-refractivity contribution in [1.82, 2.24) is 4.90 Å². The second kappa shape index (κ2) is 6.65. The Morgan fingerprint density at radius 1 is 1.08 bits per heavy atom. The van der Waals surface area contributed by atoms with Gasteiger partial charge in [-0.1, -0.05) is 54.1 Å². The third-order valence-corrected chi connectivity index (χ3v) is 4.69. The van der Waals surface area contributed by atoms with Crippen LogP contribution in [0.4, 0.5) is 5.69 Å². The second-order valence-electron chi connectivity index (χ2n) is 6.14. The molecule has 0 atom stereocenters. The zero-order valence-electron chi connectivity index (χ0n) is 13.5. The third-order valence-electron chi connectivity index (χ3n) is 4.36. The molecule has 124 valence electrons. The van der Waals surface area contributed by atoms with Gasteiger partial charge in [0.15, 0.2) is 0 Å². The van der Waals surface area contributed by atoms with E-state index in [4.69, 9.17) is 11.6 Å². The molecule has 1 aliphatic rings. The number of halogens is 1. The lowest BCUT2D eigenvalue weighted by molar-refractivity contribution is -0.135. The van der Waals surface area contributed by atoms with Gasteiger partial charge in [0.2, 0.25) is 11.8 Å². The Kier molecular flexibility index (Phi) is 4.58. The van der Waals surface area contributed by atoms with Crippen LogP contribution in [0.5, 0.6) is 0 Å². The highest BCUT2D eigenvalue weighted by molar-refractivity contribution is 6.33. The van der Waals surface area contributed by atoms with E-state index in [0.717, 1.165) is 18.4 Å². The normalized spacial score (nSPS) is 14.8. The average molecular weight is 343 g/mol. The maximum atomic E-state index is 12.8. The highest BCUT2D eigenvalue weighted by Gasteiger charge is 2.52. The summed E-state index contributed by atoms with van der Waals surface area (Å²) in [4.78, 5) is 26.5. The van der Waals surface area contributed by atoms with Crippen LogP contribution in [-0.4, -0.2) is 30.3 Å². The molecule has 0 unspecified atom stereocenters. The summed E-state index contributed by atoms with van der Waals surface area (Å²) in [6.45, 7) is -0.00135. The van der Waals surface area contributed by atoms with Gasteiger partial charge >= 0.3 is 0 Å². The van der Waals surface area contributed by atoms with E-state index in [0.29, 0.717) is 10.7 Å². The molecule has 0 saturated heterocycles. The number of carbonyl (C=O) groups excluding carboxylic acids is 2. The third kappa shape index (κ3) is 3.29. The summed E-state index contributed by atoms with van der Waals surface area (Å²) in [5.74, 6) is -0.272. The maximum absolute atomic E-state index is 12.8. The van der Waals surface area contributed by atoms with E-state index in [1.807, 2.05) is 30.3 Å². The Balaban J connectivity index is 1.65. The molecule has 1 aliphatic carbocycles. The Morgan fingerprint density at radius 3 is 2.33 bits per heavy atom. The molecule has 2 aromatic rings. The number of anilines is 1. The molecule has 24 heavy (non-hydrogen) atoms. The topological polar surface area (TPSA) is 49.4 Å². The van der Waals surface area contributed by atoms with Crippen molar-refractivity contribution in [3.05, 3.63) is 65.2 Å². The molecule has 0 spiro atoms. The average Bonchev–Trinajstić information content (AvgIpc) is 3.39. The first-order chi connectivity index (χ1) is 11.5. The molecule has 0 aliphatic heterocycles. The van der Waals surface area contributed by atoms with Crippen molar-refractivity contribution in [2.75, 3.05) is 18.9 Å². The minimum Gasteiger partial charge on any atom is -0.336 e. The Hall–Kier alpha value is -2.33. The number of benzene rings is 2. The van der Waals surface area contributed by atoms with E-state index in [-0.39, 0.29) is 18.4 Å². The van der Waals surface area contributed by atoms with Crippen LogP contribution in [0.2, 0.25) is 5.02 Å². The zero-order valence-corrected chi connectivity index (χ0v) is 14.2. The lowest BCUT2D eigenvalue weighted by atomic mass is 9.94. The molecule has 0 aromatic heterocycles. The number of rotatable bonds is 5. The molecule has 0 radical (unpaired) electrons.